The van der Waals surface area contributed by atoms with Gasteiger partial charge in [0, 0.05) is 0 Å². The molecule has 9 aromatic carbocycles. The molecule has 1 atom stereocenters. The number of rotatable bonds is 9. The molecule has 0 aromatic heterocycles. The van der Waals surface area contributed by atoms with Crippen LogP contribution in [0, 0.1) is 0 Å². The van der Waals surface area contributed by atoms with E-state index in [9.17, 15) is 0 Å². The van der Waals surface area contributed by atoms with Gasteiger partial charge in [0.1, 0.15) is 0 Å². The second-order valence-corrected chi connectivity index (χ2v) is 19.7. The Kier molecular flexibility index (Phi) is 19.0. The van der Waals surface area contributed by atoms with E-state index in [1.165, 1.54) is 47.7 Å². The molecule has 59 heavy (non-hydrogen) atoms. The first-order chi connectivity index (χ1) is 28.3. The van der Waals surface area contributed by atoms with Crippen molar-refractivity contribution in [2.45, 2.75) is 0 Å². The van der Waals surface area contributed by atoms with E-state index in [1.54, 1.807) is 0 Å². The van der Waals surface area contributed by atoms with E-state index in [0.717, 1.165) is 0 Å². The SMILES string of the molecule is [Cl-].[PH4+].c1ccc(P(c2ccccc2)c2ccccc2)cc1.c1ccc(P(c2ccccc2)c2ccccc2)cc1.c1ccc(P(c2ccccc2)c2ccccc2)cc1. The van der Waals surface area contributed by atoms with E-state index in [4.69, 9.17) is 0 Å². The van der Waals surface area contributed by atoms with Crippen LogP contribution in [0.2, 0.25) is 0 Å². The van der Waals surface area contributed by atoms with Gasteiger partial charge in [-0.2, -0.15) is 0 Å². The fourth-order valence-corrected chi connectivity index (χ4v) is 13.5. The fraction of sp³-hybridized carbons (Fsp3) is 0. The summed E-state index contributed by atoms with van der Waals surface area (Å²) in [7, 11) is -1.34. The van der Waals surface area contributed by atoms with Crippen LogP contribution in [0.15, 0.2) is 273 Å². The molecule has 0 aliphatic rings. The molecule has 1 unspecified atom stereocenters. The minimum atomic E-state index is -0.446. The number of hydrogen-bond donors (Lipinski definition) is 0. The third-order valence-corrected chi connectivity index (χ3v) is 16.5. The summed E-state index contributed by atoms with van der Waals surface area (Å²) in [5.74, 6) is 0. The Hall–Kier alpha value is -5.01. The van der Waals surface area contributed by atoms with Gasteiger partial charge in [0.2, 0.25) is 0 Å². The highest BCUT2D eigenvalue weighted by atomic mass is 35.5. The lowest BCUT2D eigenvalue weighted by Gasteiger charge is -2.18. The fourth-order valence-electron chi connectivity index (χ4n) is 6.54. The molecular weight excluding hydrogens is 808 g/mol. The lowest BCUT2D eigenvalue weighted by Crippen LogP contribution is -3.00. The zero-order valence-electron chi connectivity index (χ0n) is 33.2. The quantitative estimate of drug-likeness (QED) is 0.136. The van der Waals surface area contributed by atoms with E-state index in [2.05, 4.69) is 273 Å². The molecule has 0 amide bonds. The zero-order chi connectivity index (χ0) is 38.7. The molecule has 0 bridgehead atoms. The maximum Gasteiger partial charge on any atom is -0.0134 e. The van der Waals surface area contributed by atoms with Gasteiger partial charge in [0.25, 0.3) is 0 Å². The van der Waals surface area contributed by atoms with Gasteiger partial charge in [-0.3, -0.25) is 0 Å². The average Bonchev–Trinajstić information content (AvgIpc) is 3.30. The first-order valence-corrected chi connectivity index (χ1v) is 23.2. The second-order valence-electron chi connectivity index (χ2n) is 13.0. The Bertz CT molecular complexity index is 1860. The van der Waals surface area contributed by atoms with Gasteiger partial charge in [-0.15, -0.1) is 0 Å². The Balaban J connectivity index is 0.000000165. The molecule has 0 radical (unpaired) electrons. The van der Waals surface area contributed by atoms with Crippen LogP contribution < -0.4 is 60.1 Å². The van der Waals surface area contributed by atoms with Gasteiger partial charge < -0.3 is 12.4 Å². The highest BCUT2D eigenvalue weighted by Crippen LogP contribution is 2.34. The van der Waals surface area contributed by atoms with Gasteiger partial charge >= 0.3 is 0 Å². The van der Waals surface area contributed by atoms with Gasteiger partial charge in [-0.25, -0.2) is 0 Å². The lowest BCUT2D eigenvalue weighted by atomic mass is 10.4. The highest BCUT2D eigenvalue weighted by molar-refractivity contribution is 7.80. The Morgan fingerprint density at radius 1 is 0.153 bits per heavy atom. The topological polar surface area (TPSA) is 0 Å². The van der Waals surface area contributed by atoms with Crippen LogP contribution in [-0.4, -0.2) is 0 Å². The predicted octanol–water partition coefficient (Wildman–Crippen LogP) is 7.13. The monoisotopic (exact) mass is 856 g/mol. The summed E-state index contributed by atoms with van der Waals surface area (Å²) in [6.45, 7) is 0. The molecule has 0 aliphatic heterocycles. The summed E-state index contributed by atoms with van der Waals surface area (Å²) in [6.07, 6.45) is 0. The van der Waals surface area contributed by atoms with Crippen molar-refractivity contribution in [1.29, 1.82) is 0 Å². The summed E-state index contributed by atoms with van der Waals surface area (Å²) in [4.78, 5) is 0. The first-order valence-electron chi connectivity index (χ1n) is 19.2. The molecule has 292 valence electrons. The maximum atomic E-state index is 2.23. The molecule has 5 heteroatoms. The van der Waals surface area contributed by atoms with Crippen molar-refractivity contribution in [3.8, 4) is 0 Å². The number of benzene rings is 9. The molecule has 0 spiro atoms. The normalized spacial score (nSPS) is 10.2. The second kappa shape index (κ2) is 24.8. The van der Waals surface area contributed by atoms with Crippen LogP contribution >= 0.6 is 33.7 Å². The third-order valence-electron chi connectivity index (χ3n) is 9.13. The number of halogens is 1. The first kappa shape index (κ1) is 45.1. The Morgan fingerprint density at radius 3 is 0.322 bits per heavy atom. The van der Waals surface area contributed by atoms with Gasteiger partial charge in [0.05, 0.1) is 0 Å². The van der Waals surface area contributed by atoms with E-state index in [0.29, 0.717) is 0 Å². The average molecular weight is 857 g/mol. The van der Waals surface area contributed by atoms with Crippen molar-refractivity contribution >= 4 is 81.4 Å². The van der Waals surface area contributed by atoms with E-state index in [-0.39, 0.29) is 22.3 Å². The molecule has 0 saturated carbocycles. The van der Waals surface area contributed by atoms with Crippen molar-refractivity contribution in [1.82, 2.24) is 0 Å². The van der Waals surface area contributed by atoms with Crippen LogP contribution in [-0.2, 0) is 0 Å². The lowest BCUT2D eigenvalue weighted by molar-refractivity contribution is -0.0000108. The smallest absolute Gasteiger partial charge is 0.0134 e. The molecule has 9 aromatic rings. The summed E-state index contributed by atoms with van der Waals surface area (Å²) in [5, 5.41) is 12.6. The van der Waals surface area contributed by atoms with Gasteiger partial charge in [0.15, 0.2) is 0 Å². The van der Waals surface area contributed by atoms with Crippen molar-refractivity contribution < 1.29 is 12.4 Å². The molecule has 0 N–H and O–H groups in total. The standard InChI is InChI=1S/3C18H15P.ClH.H3P/c3*1-4-10-16(11-5-1)19(17-12-6-2-7-13-17)18-14-8-3-9-15-18;;/h3*1-15H;1H;1H3. The maximum absolute atomic E-state index is 2.23. The van der Waals surface area contributed by atoms with Gasteiger partial charge in [-0.05, 0) is 81.4 Å². The zero-order valence-corrected chi connectivity index (χ0v) is 38.6. The summed E-state index contributed by atoms with van der Waals surface area (Å²) >= 11 is 0. The Morgan fingerprint density at radius 2 is 0.237 bits per heavy atom. The molecule has 0 nitrogen and oxygen atoms in total. The minimum Gasteiger partial charge on any atom is -1.00 e. The van der Waals surface area contributed by atoms with Crippen LogP contribution in [0.5, 0.6) is 0 Å². The van der Waals surface area contributed by atoms with Crippen LogP contribution in [0.25, 0.3) is 0 Å². The molecule has 0 aliphatic carbocycles. The largest absolute Gasteiger partial charge is 1.00 e. The van der Waals surface area contributed by atoms with Crippen molar-refractivity contribution in [2.24, 2.45) is 0 Å². The van der Waals surface area contributed by atoms with Crippen LogP contribution in [0.1, 0.15) is 0 Å². The minimum absolute atomic E-state index is 0. The van der Waals surface area contributed by atoms with Crippen LogP contribution in [0.4, 0.5) is 0 Å². The molecule has 0 fully saturated rings. The van der Waals surface area contributed by atoms with E-state index >= 15 is 0 Å². The molecule has 0 heterocycles. The summed E-state index contributed by atoms with van der Waals surface area (Å²) in [5.41, 5.74) is 0. The summed E-state index contributed by atoms with van der Waals surface area (Å²) in [6, 6.07) is 97.0. The van der Waals surface area contributed by atoms with Crippen LogP contribution in [0.3, 0.4) is 0 Å². The van der Waals surface area contributed by atoms with Gasteiger partial charge in [-0.1, -0.05) is 273 Å². The molecule has 9 rings (SSSR count). The number of hydrogen-bond acceptors (Lipinski definition) is 0. The predicted molar refractivity (Wildman–Crippen MR) is 268 cm³/mol. The highest BCUT2D eigenvalue weighted by Gasteiger charge is 2.17. The van der Waals surface area contributed by atoms with Crippen molar-refractivity contribution in [3.63, 3.8) is 0 Å². The summed E-state index contributed by atoms with van der Waals surface area (Å²) < 4.78 is 0. The van der Waals surface area contributed by atoms with Crippen molar-refractivity contribution in [2.75, 3.05) is 0 Å². The Labute approximate surface area is 364 Å². The van der Waals surface area contributed by atoms with E-state index < -0.39 is 23.8 Å². The third kappa shape index (κ3) is 13.0. The van der Waals surface area contributed by atoms with Crippen molar-refractivity contribution in [3.05, 3.63) is 273 Å². The molecular formula is C54H49ClP4. The molecule has 0 saturated heterocycles. The van der Waals surface area contributed by atoms with E-state index in [1.807, 2.05) is 0 Å².